The zero-order valence-electron chi connectivity index (χ0n) is 68.7. The van der Waals surface area contributed by atoms with Crippen molar-refractivity contribution in [1.29, 1.82) is 21.0 Å². The first-order valence-corrected chi connectivity index (χ1v) is 36.1. The molecule has 0 bridgehead atoms. The molecule has 0 heterocycles. The lowest BCUT2D eigenvalue weighted by Gasteiger charge is -2.16. The molecule has 0 saturated carbocycles. The monoisotopic (exact) mass is 1770 g/mol. The lowest BCUT2D eigenvalue weighted by Crippen LogP contribution is -2.26. The Kier molecular flexibility index (Phi) is 43.8. The molecule has 0 N–H and O–H groups in total. The van der Waals surface area contributed by atoms with E-state index in [0.29, 0.717) is 22.6 Å². The molecule has 7 aromatic carbocycles. The van der Waals surface area contributed by atoms with E-state index in [9.17, 15) is 132 Å². The summed E-state index contributed by atoms with van der Waals surface area (Å²) in [6.45, 7) is 33.5. The summed E-state index contributed by atoms with van der Waals surface area (Å²) in [6, 6.07) is 22.6. The van der Waals surface area contributed by atoms with Crippen LogP contribution in [0, 0.1) is 183 Å². The summed E-state index contributed by atoms with van der Waals surface area (Å²) >= 11 is 0. The normalized spacial score (nSPS) is 11.7. The molecule has 4 nitrogen and oxygen atoms in total. The van der Waals surface area contributed by atoms with E-state index < -0.39 is 163 Å². The third-order valence-corrected chi connectivity index (χ3v) is 15.4. The Morgan fingerprint density at radius 1 is 0.295 bits per heavy atom. The maximum Gasteiger partial charge on any atom is 0.425 e. The van der Waals surface area contributed by atoms with Gasteiger partial charge in [0.1, 0.15) is 34.9 Å². The largest absolute Gasteiger partial charge is 0.425 e. The van der Waals surface area contributed by atoms with Gasteiger partial charge in [0.2, 0.25) is 17.5 Å². The number of hydrogen-bond donors (Lipinski definition) is 0. The molecule has 0 unspecified atom stereocenters. The molecule has 0 aliphatic rings. The highest BCUT2D eigenvalue weighted by Crippen LogP contribution is 2.43. The second-order valence-electron chi connectivity index (χ2n) is 29.2. The van der Waals surface area contributed by atoms with Crippen LogP contribution in [0.2, 0.25) is 0 Å². The van der Waals surface area contributed by atoms with Gasteiger partial charge in [-0.05, 0) is 125 Å². The van der Waals surface area contributed by atoms with Crippen LogP contribution in [0.3, 0.4) is 0 Å². The van der Waals surface area contributed by atoms with E-state index in [1.807, 2.05) is 87.4 Å². The minimum absolute atomic E-state index is 0.0218. The number of benzene rings is 7. The molecule has 0 amide bonds. The van der Waals surface area contributed by atoms with Crippen LogP contribution < -0.4 is 0 Å². The molecule has 0 aromatic heterocycles. The van der Waals surface area contributed by atoms with Crippen LogP contribution in [0.15, 0.2) is 126 Å². The van der Waals surface area contributed by atoms with Gasteiger partial charge >= 0.3 is 30.9 Å². The van der Waals surface area contributed by atoms with Gasteiger partial charge in [0.15, 0.2) is 69.8 Å². The van der Waals surface area contributed by atoms with E-state index in [1.54, 1.807) is 90.9 Å². The Labute approximate surface area is 687 Å². The maximum atomic E-state index is 13.8. The Morgan fingerprint density at radius 3 is 0.787 bits per heavy atom. The fourth-order valence-corrected chi connectivity index (χ4v) is 9.67. The lowest BCUT2D eigenvalue weighted by atomic mass is 9.93. The Hall–Kier alpha value is -10.9. The molecule has 7 aromatic rings. The Bertz CT molecular complexity index is 4750. The summed E-state index contributed by atoms with van der Waals surface area (Å²) < 4.78 is 383. The molecule has 0 atom stereocenters. The molecular weight excluding hydrogens is 1680 g/mol. The van der Waals surface area contributed by atoms with Crippen molar-refractivity contribution in [3.63, 3.8) is 0 Å². The predicted octanol–water partition coefficient (Wildman–Crippen LogP) is 31.5. The lowest BCUT2D eigenvalue weighted by molar-refractivity contribution is -0.172. The van der Waals surface area contributed by atoms with Gasteiger partial charge in [-0.3, -0.25) is 0 Å². The zero-order chi connectivity index (χ0) is 95.4. The molecule has 666 valence electrons. The molecule has 0 radical (unpaired) electrons. The van der Waals surface area contributed by atoms with Crippen LogP contribution in [0.25, 0.3) is 39.5 Å². The van der Waals surface area contributed by atoms with E-state index in [0.717, 1.165) is 52.6 Å². The van der Waals surface area contributed by atoms with Crippen LogP contribution in [0.5, 0.6) is 0 Å². The Balaban J connectivity index is 0.00000141. The molecule has 0 saturated heterocycles. The summed E-state index contributed by atoms with van der Waals surface area (Å²) in [6.07, 6.45) is -16.5. The van der Waals surface area contributed by atoms with E-state index in [-0.39, 0.29) is 69.9 Å². The van der Waals surface area contributed by atoms with Crippen LogP contribution in [0.1, 0.15) is 179 Å². The number of nitriles is 4. The van der Waals surface area contributed by atoms with Crippen molar-refractivity contribution in [3.05, 3.63) is 263 Å². The molecule has 0 aliphatic carbocycles. The highest BCUT2D eigenvalue weighted by molar-refractivity contribution is 5.70. The van der Waals surface area contributed by atoms with E-state index in [1.165, 1.54) is 50.3 Å². The number of nitrogens with zero attached hydrogens (tertiary/aromatic N) is 4. The molecule has 122 heavy (non-hydrogen) atoms. The van der Waals surface area contributed by atoms with E-state index in [4.69, 9.17) is 21.0 Å². The van der Waals surface area contributed by atoms with Gasteiger partial charge in [-0.15, -0.1) is 0 Å². The molecule has 0 fully saturated rings. The molecule has 7 rings (SSSR count). The summed E-state index contributed by atoms with van der Waals surface area (Å²) in [5.74, 6) is -29.0. The van der Waals surface area contributed by atoms with Gasteiger partial charge in [0.05, 0.1) is 33.9 Å². The van der Waals surface area contributed by atoms with Crippen molar-refractivity contribution >= 4 is 6.08 Å². The third-order valence-electron chi connectivity index (χ3n) is 15.4. The van der Waals surface area contributed by atoms with Crippen molar-refractivity contribution < 1.29 is 132 Å². The van der Waals surface area contributed by atoms with Crippen LogP contribution in [-0.4, -0.2) is 18.5 Å². The SMILES string of the molecule is CC(C)/C=C(\C#N)C(F)(F)F.CC(C)/C=C/C#N.CC(C)/C=C/c1c(F)c(F)c(F)c(F)c1F.CC(C)C=C(C#N)C#N.CC(C)C=C(C(F)(F)F)C(F)(F)F.Cc1cc(-c2c(F)c(F)c(F)c(F)c2F)cc(C(C)C)c1.Cc1cc(-c2c(F)c(F)c(F)c(F)c2F)cc(C(C)C)c1.Cc1cc(-c2cc(C(F)(F)F)cc(C(F)(F)F)c2)cc(C(C)C)c1. The standard InChI is InChI=1S/C18H16F6.2C16H13F5.C11H9F5.C7H8F6.C7H8F3N.C7H8N2.C6H9N/c1-10(2)12-4-11(3)5-13(6-12)14-7-15(17(19,20)21)9-16(8-14)18(22,23)24;2*1-7(2)9-4-8(3)5-10(6-9)11-12(17)14(19)16(21)15(20)13(11)18;1-5(2)3-4-6-7(12)9(14)11(16)10(15)8(6)13;1-4(2)3-5(6(8,9)10)7(11,12)13;1-5(2)3-6(4-11)7(8,9)10;1-6(2)3-7(4-8)5-9;1-6(2)4-3-5-7/h4-10H,1-3H3;2*4-7H,1-3H3;3-5H,1-2H3;3-4H,1-2H3;3,5H,1-2H3;3,6H,1-2H3;3-4,6H,1-2H3/b;;;4-3+;;6-3+;;4-3+. The summed E-state index contributed by atoms with van der Waals surface area (Å²) in [4.78, 5) is 0. The van der Waals surface area contributed by atoms with Gasteiger partial charge < -0.3 is 0 Å². The quantitative estimate of drug-likeness (QED) is 0.0400. The fourth-order valence-electron chi connectivity index (χ4n) is 9.67. The highest BCUT2D eigenvalue weighted by atomic mass is 19.4. The average molecular weight is 1770 g/mol. The van der Waals surface area contributed by atoms with Crippen molar-refractivity contribution in [2.24, 2.45) is 29.6 Å². The summed E-state index contributed by atoms with van der Waals surface area (Å²) in [5, 5.41) is 32.5. The van der Waals surface area contributed by atoms with Crippen LogP contribution >= 0.6 is 0 Å². The average Bonchev–Trinajstić information content (AvgIpc) is 0.527. The number of hydrogen-bond acceptors (Lipinski definition) is 4. The maximum absolute atomic E-state index is 13.8. The zero-order valence-corrected chi connectivity index (χ0v) is 68.7. The van der Waals surface area contributed by atoms with Crippen molar-refractivity contribution in [2.45, 2.75) is 180 Å². The van der Waals surface area contributed by atoms with Gasteiger partial charge in [-0.2, -0.15) is 86.9 Å². The van der Waals surface area contributed by atoms with Crippen molar-refractivity contribution in [1.82, 2.24) is 0 Å². The minimum atomic E-state index is -5.33. The van der Waals surface area contributed by atoms with Crippen LogP contribution in [-0.2, 0) is 12.4 Å². The molecule has 0 aliphatic heterocycles. The number of alkyl halides is 15. The number of halogens is 30. The topological polar surface area (TPSA) is 95.2 Å². The van der Waals surface area contributed by atoms with Gasteiger partial charge in [0, 0.05) is 6.08 Å². The second-order valence-corrected chi connectivity index (χ2v) is 29.2. The van der Waals surface area contributed by atoms with Gasteiger partial charge in [0.25, 0.3) is 0 Å². The van der Waals surface area contributed by atoms with Crippen molar-refractivity contribution in [2.75, 3.05) is 0 Å². The smallest absolute Gasteiger partial charge is 0.203 e. The van der Waals surface area contributed by atoms with Gasteiger partial charge in [-0.1, -0.05) is 219 Å². The number of aryl methyl sites for hydroxylation is 3. The minimum Gasteiger partial charge on any atom is -0.203 e. The highest BCUT2D eigenvalue weighted by Gasteiger charge is 2.51. The van der Waals surface area contributed by atoms with E-state index >= 15 is 0 Å². The summed E-state index contributed by atoms with van der Waals surface area (Å²) in [5.41, 5.74) is -3.94. The first-order chi connectivity index (χ1) is 55.6. The molecule has 0 spiro atoms. The summed E-state index contributed by atoms with van der Waals surface area (Å²) in [7, 11) is 0. The second kappa shape index (κ2) is 48.1. The third kappa shape index (κ3) is 35.3. The fraction of sp³-hybridized carbons (Fsp3) is 0.364. The molecular formula is C88H84F30N4. The number of allylic oxidation sites excluding steroid dienone is 9. The number of rotatable bonds is 12. The first kappa shape index (κ1) is 111. The van der Waals surface area contributed by atoms with Gasteiger partial charge in [-0.25, -0.2) is 65.9 Å². The van der Waals surface area contributed by atoms with Crippen molar-refractivity contribution in [3.8, 4) is 57.7 Å². The predicted molar refractivity (Wildman–Crippen MR) is 405 cm³/mol. The van der Waals surface area contributed by atoms with Crippen LogP contribution in [0.4, 0.5) is 132 Å². The Morgan fingerprint density at radius 2 is 0.574 bits per heavy atom. The first-order valence-electron chi connectivity index (χ1n) is 36.1. The molecule has 34 heteroatoms. The van der Waals surface area contributed by atoms with E-state index in [2.05, 4.69) is 0 Å².